The highest BCUT2D eigenvalue weighted by Crippen LogP contribution is 2.37. The summed E-state index contributed by atoms with van der Waals surface area (Å²) >= 11 is 14.3. The predicted octanol–water partition coefficient (Wildman–Crippen LogP) is 5.86. The van der Waals surface area contributed by atoms with Gasteiger partial charge in [-0.15, -0.1) is 11.8 Å². The van der Waals surface area contributed by atoms with E-state index in [0.717, 1.165) is 17.9 Å². The molecule has 0 saturated heterocycles. The first-order chi connectivity index (χ1) is 11.2. The number of halogens is 2. The van der Waals surface area contributed by atoms with Crippen LogP contribution in [-0.4, -0.2) is 9.55 Å². The van der Waals surface area contributed by atoms with E-state index in [1.54, 1.807) is 6.20 Å². The Balaban J connectivity index is 1.81. The molecule has 2 nitrogen and oxygen atoms in total. The van der Waals surface area contributed by atoms with Crippen molar-refractivity contribution in [3.63, 3.8) is 0 Å². The highest BCUT2D eigenvalue weighted by Gasteiger charge is 2.16. The summed E-state index contributed by atoms with van der Waals surface area (Å²) in [6.45, 7) is 0.818. The molecule has 0 aliphatic carbocycles. The van der Waals surface area contributed by atoms with Gasteiger partial charge in [-0.2, -0.15) is 0 Å². The molecular formula is C18H16Cl2N2S. The lowest BCUT2D eigenvalue weighted by atomic mass is 10.1. The van der Waals surface area contributed by atoms with Crippen molar-refractivity contribution in [3.8, 4) is 0 Å². The third kappa shape index (κ3) is 4.54. The molecule has 1 atom stereocenters. The summed E-state index contributed by atoms with van der Waals surface area (Å²) in [6.07, 6.45) is 5.60. The molecule has 1 aromatic heterocycles. The highest BCUT2D eigenvalue weighted by molar-refractivity contribution is 7.98. The Morgan fingerprint density at radius 3 is 2.61 bits per heavy atom. The molecule has 0 aliphatic rings. The van der Waals surface area contributed by atoms with Crippen LogP contribution >= 0.6 is 35.0 Å². The van der Waals surface area contributed by atoms with E-state index in [4.69, 9.17) is 23.2 Å². The van der Waals surface area contributed by atoms with Crippen molar-refractivity contribution in [1.29, 1.82) is 0 Å². The molecule has 0 radical (unpaired) electrons. The topological polar surface area (TPSA) is 17.8 Å². The fourth-order valence-corrected chi connectivity index (χ4v) is 4.21. The van der Waals surface area contributed by atoms with Crippen LogP contribution in [0, 0.1) is 0 Å². The van der Waals surface area contributed by atoms with Crippen LogP contribution in [0.15, 0.2) is 67.3 Å². The Labute approximate surface area is 150 Å². The zero-order valence-electron chi connectivity index (χ0n) is 12.4. The molecule has 0 N–H and O–H groups in total. The van der Waals surface area contributed by atoms with Crippen LogP contribution in [0.5, 0.6) is 0 Å². The third-order valence-electron chi connectivity index (χ3n) is 3.54. The Bertz CT molecular complexity index is 745. The molecule has 0 bridgehead atoms. The van der Waals surface area contributed by atoms with Crippen LogP contribution < -0.4 is 0 Å². The molecule has 5 heteroatoms. The van der Waals surface area contributed by atoms with Gasteiger partial charge in [0.1, 0.15) is 0 Å². The smallest absolute Gasteiger partial charge is 0.0946 e. The van der Waals surface area contributed by atoms with Gasteiger partial charge in [0, 0.05) is 40.0 Å². The van der Waals surface area contributed by atoms with Gasteiger partial charge >= 0.3 is 0 Å². The number of rotatable bonds is 6. The molecule has 0 fully saturated rings. The van der Waals surface area contributed by atoms with Crippen molar-refractivity contribution in [2.24, 2.45) is 0 Å². The summed E-state index contributed by atoms with van der Waals surface area (Å²) < 4.78 is 2.08. The molecule has 1 heterocycles. The fourth-order valence-electron chi connectivity index (χ4n) is 2.36. The van der Waals surface area contributed by atoms with Crippen LogP contribution in [0.2, 0.25) is 10.0 Å². The minimum Gasteiger partial charge on any atom is -0.336 e. The molecule has 0 spiro atoms. The van der Waals surface area contributed by atoms with Gasteiger partial charge in [-0.25, -0.2) is 4.98 Å². The van der Waals surface area contributed by atoms with Crippen LogP contribution in [0.1, 0.15) is 16.4 Å². The number of thioether (sulfide) groups is 1. The molecule has 0 amide bonds. The monoisotopic (exact) mass is 362 g/mol. The fraction of sp³-hybridized carbons (Fsp3) is 0.167. The van der Waals surface area contributed by atoms with Crippen molar-refractivity contribution in [1.82, 2.24) is 9.55 Å². The average Bonchev–Trinajstić information content (AvgIpc) is 3.06. The molecular weight excluding hydrogens is 347 g/mol. The van der Waals surface area contributed by atoms with Gasteiger partial charge in [0.15, 0.2) is 0 Å². The van der Waals surface area contributed by atoms with Gasteiger partial charge < -0.3 is 4.57 Å². The maximum atomic E-state index is 6.42. The zero-order chi connectivity index (χ0) is 16.1. The number of hydrogen-bond acceptors (Lipinski definition) is 2. The average molecular weight is 363 g/mol. The number of benzene rings is 2. The van der Waals surface area contributed by atoms with Gasteiger partial charge in [0.25, 0.3) is 0 Å². The van der Waals surface area contributed by atoms with E-state index in [1.165, 1.54) is 5.56 Å². The molecule has 0 aliphatic heterocycles. The summed E-state index contributed by atoms with van der Waals surface area (Å²) in [4.78, 5) is 4.12. The second-order valence-corrected chi connectivity index (χ2v) is 7.25. The Morgan fingerprint density at radius 2 is 1.91 bits per heavy atom. The summed E-state index contributed by atoms with van der Waals surface area (Å²) in [5.74, 6) is 0.930. The van der Waals surface area contributed by atoms with E-state index in [0.29, 0.717) is 10.0 Å². The summed E-state index contributed by atoms with van der Waals surface area (Å²) in [5, 5.41) is 1.60. The summed E-state index contributed by atoms with van der Waals surface area (Å²) in [6, 6.07) is 16.2. The van der Waals surface area contributed by atoms with E-state index < -0.39 is 0 Å². The van der Waals surface area contributed by atoms with Crippen LogP contribution in [0.25, 0.3) is 0 Å². The quantitative estimate of drug-likeness (QED) is 0.545. The molecule has 3 aromatic rings. The third-order valence-corrected chi connectivity index (χ3v) is 5.41. The van der Waals surface area contributed by atoms with Crippen molar-refractivity contribution < 1.29 is 0 Å². The first-order valence-corrected chi connectivity index (χ1v) is 9.09. The Morgan fingerprint density at radius 1 is 1.09 bits per heavy atom. The van der Waals surface area contributed by atoms with Gasteiger partial charge in [-0.3, -0.25) is 0 Å². The maximum Gasteiger partial charge on any atom is 0.0946 e. The van der Waals surface area contributed by atoms with Crippen LogP contribution in [0.3, 0.4) is 0 Å². The summed E-state index contributed by atoms with van der Waals surface area (Å²) in [5.41, 5.74) is 2.41. The van der Waals surface area contributed by atoms with E-state index in [2.05, 4.69) is 33.8 Å². The van der Waals surface area contributed by atoms with E-state index in [9.17, 15) is 0 Å². The van der Waals surface area contributed by atoms with E-state index in [1.807, 2.05) is 48.6 Å². The first-order valence-electron chi connectivity index (χ1n) is 7.28. The Hall–Kier alpha value is -1.42. The molecule has 2 aromatic carbocycles. The minimum atomic E-state index is 0.231. The zero-order valence-corrected chi connectivity index (χ0v) is 14.7. The minimum absolute atomic E-state index is 0.231. The van der Waals surface area contributed by atoms with E-state index in [-0.39, 0.29) is 5.25 Å². The lowest BCUT2D eigenvalue weighted by Gasteiger charge is -2.19. The number of hydrogen-bond donors (Lipinski definition) is 0. The molecule has 118 valence electrons. The van der Waals surface area contributed by atoms with Gasteiger partial charge in [-0.1, -0.05) is 59.6 Å². The van der Waals surface area contributed by atoms with Gasteiger partial charge in [-0.05, 0) is 23.3 Å². The number of aromatic nitrogens is 2. The molecule has 0 saturated carbocycles. The van der Waals surface area contributed by atoms with Crippen LogP contribution in [0.4, 0.5) is 0 Å². The number of nitrogens with zero attached hydrogens (tertiary/aromatic N) is 2. The lowest BCUT2D eigenvalue weighted by molar-refractivity contribution is 0.683. The van der Waals surface area contributed by atoms with Crippen molar-refractivity contribution in [2.45, 2.75) is 17.5 Å². The van der Waals surface area contributed by atoms with Crippen molar-refractivity contribution >= 4 is 35.0 Å². The normalized spacial score (nSPS) is 12.3. The highest BCUT2D eigenvalue weighted by atomic mass is 35.5. The molecule has 3 rings (SSSR count). The second-order valence-electron chi connectivity index (χ2n) is 5.21. The summed E-state index contributed by atoms with van der Waals surface area (Å²) in [7, 11) is 0. The standard InChI is InChI=1S/C18H16Cl2N2S/c19-15-6-7-16(17(20)10-15)18(11-22-9-8-21-13-22)23-12-14-4-2-1-3-5-14/h1-10,13,18H,11-12H2. The first kappa shape index (κ1) is 16.4. The lowest BCUT2D eigenvalue weighted by Crippen LogP contribution is -2.06. The maximum absolute atomic E-state index is 6.42. The largest absolute Gasteiger partial charge is 0.336 e. The van der Waals surface area contributed by atoms with Crippen LogP contribution in [-0.2, 0) is 12.3 Å². The van der Waals surface area contributed by atoms with Gasteiger partial charge in [0.05, 0.1) is 6.33 Å². The number of imidazole rings is 1. The molecule has 23 heavy (non-hydrogen) atoms. The Kier molecular flexibility index (Phi) is 5.65. The predicted molar refractivity (Wildman–Crippen MR) is 99.2 cm³/mol. The van der Waals surface area contributed by atoms with E-state index >= 15 is 0 Å². The van der Waals surface area contributed by atoms with Gasteiger partial charge in [0.2, 0.25) is 0 Å². The van der Waals surface area contributed by atoms with Crippen molar-refractivity contribution in [3.05, 3.63) is 88.4 Å². The molecule has 1 unspecified atom stereocenters. The van der Waals surface area contributed by atoms with Crippen molar-refractivity contribution in [2.75, 3.05) is 0 Å². The second kappa shape index (κ2) is 7.91. The SMILES string of the molecule is Clc1ccc(C(Cn2ccnc2)SCc2ccccc2)c(Cl)c1.